The van der Waals surface area contributed by atoms with Crippen molar-refractivity contribution in [2.75, 3.05) is 33.8 Å². The van der Waals surface area contributed by atoms with E-state index in [1.807, 2.05) is 30.3 Å². The Hall–Kier alpha value is -3.23. The first-order chi connectivity index (χ1) is 15.3. The number of aliphatic hydroxyl groups is 1. The van der Waals surface area contributed by atoms with Crippen LogP contribution in [-0.2, 0) is 10.2 Å². The van der Waals surface area contributed by atoms with E-state index in [-0.39, 0.29) is 5.91 Å². The van der Waals surface area contributed by atoms with Crippen molar-refractivity contribution in [1.29, 1.82) is 0 Å². The van der Waals surface area contributed by atoms with Crippen molar-refractivity contribution in [3.05, 3.63) is 66.5 Å². The third-order valence-electron chi connectivity index (χ3n) is 5.08. The van der Waals surface area contributed by atoms with Gasteiger partial charge < -0.3 is 24.5 Å². The molecule has 32 heavy (non-hydrogen) atoms. The standard InChI is InChI=1S/C24H30N4O4/c1-24(2,23(30)28(3)4)22-27-20(16-32-22)17-7-9-19(10-8-17)31-13-12-26-15-21(29)18-6-5-11-25-14-18/h5-11,14,16,21,26,29H,12-13,15H2,1-4H3/t21-/m0/s1. The highest BCUT2D eigenvalue weighted by Gasteiger charge is 2.36. The van der Waals surface area contributed by atoms with Crippen LogP contribution in [0.4, 0.5) is 0 Å². The maximum atomic E-state index is 12.4. The van der Waals surface area contributed by atoms with Crippen LogP contribution in [0.1, 0.15) is 31.4 Å². The molecule has 0 saturated carbocycles. The van der Waals surface area contributed by atoms with Crippen LogP contribution < -0.4 is 10.1 Å². The summed E-state index contributed by atoms with van der Waals surface area (Å²) in [5.74, 6) is 1.04. The summed E-state index contributed by atoms with van der Waals surface area (Å²) in [6, 6.07) is 11.2. The number of aliphatic hydroxyl groups excluding tert-OH is 1. The van der Waals surface area contributed by atoms with Crippen molar-refractivity contribution in [3.63, 3.8) is 0 Å². The van der Waals surface area contributed by atoms with Gasteiger partial charge in [-0.3, -0.25) is 9.78 Å². The summed E-state index contributed by atoms with van der Waals surface area (Å²) in [6.45, 7) is 5.08. The van der Waals surface area contributed by atoms with E-state index in [9.17, 15) is 9.90 Å². The highest BCUT2D eigenvalue weighted by molar-refractivity contribution is 5.86. The summed E-state index contributed by atoms with van der Waals surface area (Å²) in [4.78, 5) is 22.5. The van der Waals surface area contributed by atoms with Gasteiger partial charge in [0.15, 0.2) is 0 Å². The average molecular weight is 439 g/mol. The van der Waals surface area contributed by atoms with Crippen LogP contribution in [0.15, 0.2) is 59.5 Å². The molecule has 1 aromatic carbocycles. The third-order valence-corrected chi connectivity index (χ3v) is 5.08. The van der Waals surface area contributed by atoms with Gasteiger partial charge in [0, 0.05) is 50.7 Å². The number of carbonyl (C=O) groups excluding carboxylic acids is 1. The Labute approximate surface area is 188 Å². The minimum Gasteiger partial charge on any atom is -0.492 e. The number of hydrogen-bond acceptors (Lipinski definition) is 7. The lowest BCUT2D eigenvalue weighted by Crippen LogP contribution is -2.39. The lowest BCUT2D eigenvalue weighted by atomic mass is 9.91. The molecule has 0 bridgehead atoms. The predicted molar refractivity (Wildman–Crippen MR) is 121 cm³/mol. The molecule has 3 rings (SSSR count). The highest BCUT2D eigenvalue weighted by Crippen LogP contribution is 2.28. The minimum atomic E-state index is -0.845. The molecule has 8 heteroatoms. The van der Waals surface area contributed by atoms with Crippen molar-refractivity contribution in [2.45, 2.75) is 25.4 Å². The lowest BCUT2D eigenvalue weighted by molar-refractivity contribution is -0.134. The molecule has 2 heterocycles. The zero-order valence-corrected chi connectivity index (χ0v) is 18.9. The second kappa shape index (κ2) is 10.4. The number of likely N-dealkylation sites (N-methyl/N-ethyl adjacent to an activating group) is 1. The maximum Gasteiger partial charge on any atom is 0.237 e. The molecule has 0 aliphatic heterocycles. The van der Waals surface area contributed by atoms with E-state index in [2.05, 4.69) is 15.3 Å². The molecule has 0 fully saturated rings. The molecule has 0 aliphatic rings. The summed E-state index contributed by atoms with van der Waals surface area (Å²) in [5, 5.41) is 13.3. The third kappa shape index (κ3) is 5.72. The molecule has 8 nitrogen and oxygen atoms in total. The lowest BCUT2D eigenvalue weighted by Gasteiger charge is -2.23. The highest BCUT2D eigenvalue weighted by atomic mass is 16.5. The monoisotopic (exact) mass is 438 g/mol. The predicted octanol–water partition coefficient (Wildman–Crippen LogP) is 2.80. The summed E-state index contributed by atoms with van der Waals surface area (Å²) in [6.07, 6.45) is 4.29. The smallest absolute Gasteiger partial charge is 0.237 e. The van der Waals surface area contributed by atoms with E-state index >= 15 is 0 Å². The Kier molecular flexibility index (Phi) is 7.61. The van der Waals surface area contributed by atoms with E-state index in [4.69, 9.17) is 9.15 Å². The Bertz CT molecular complexity index is 1000. The fourth-order valence-electron chi connectivity index (χ4n) is 3.24. The number of aromatic nitrogens is 2. The summed E-state index contributed by atoms with van der Waals surface area (Å²) >= 11 is 0. The number of nitrogens with zero attached hydrogens (tertiary/aromatic N) is 3. The molecule has 2 N–H and O–H groups in total. The van der Waals surface area contributed by atoms with Gasteiger partial charge in [0.25, 0.3) is 0 Å². The molecular formula is C24H30N4O4. The number of rotatable bonds is 10. The number of ether oxygens (including phenoxy) is 1. The molecule has 0 saturated heterocycles. The number of carbonyl (C=O) groups is 1. The summed E-state index contributed by atoms with van der Waals surface area (Å²) in [5.41, 5.74) is 1.47. The zero-order valence-electron chi connectivity index (χ0n) is 18.9. The number of amides is 1. The van der Waals surface area contributed by atoms with E-state index in [1.165, 1.54) is 4.90 Å². The fourth-order valence-corrected chi connectivity index (χ4v) is 3.24. The Morgan fingerprint density at radius 2 is 2.00 bits per heavy atom. The number of benzene rings is 1. The maximum absolute atomic E-state index is 12.4. The van der Waals surface area contributed by atoms with Gasteiger partial charge in [-0.1, -0.05) is 6.07 Å². The van der Waals surface area contributed by atoms with Gasteiger partial charge in [-0.25, -0.2) is 4.98 Å². The van der Waals surface area contributed by atoms with Gasteiger partial charge in [0.1, 0.15) is 29.7 Å². The van der Waals surface area contributed by atoms with Crippen LogP contribution in [0.25, 0.3) is 11.3 Å². The zero-order chi connectivity index (χ0) is 23.1. The molecule has 1 atom stereocenters. The second-order valence-corrected chi connectivity index (χ2v) is 8.24. The van der Waals surface area contributed by atoms with Crippen LogP contribution in [0.5, 0.6) is 5.75 Å². The molecule has 0 aliphatic carbocycles. The molecule has 0 radical (unpaired) electrons. The minimum absolute atomic E-state index is 0.0730. The summed E-state index contributed by atoms with van der Waals surface area (Å²) in [7, 11) is 3.43. The fraction of sp³-hybridized carbons (Fsp3) is 0.375. The second-order valence-electron chi connectivity index (χ2n) is 8.24. The number of oxazole rings is 1. The van der Waals surface area contributed by atoms with Gasteiger partial charge >= 0.3 is 0 Å². The number of hydrogen-bond donors (Lipinski definition) is 2. The Balaban J connectivity index is 1.48. The van der Waals surface area contributed by atoms with Crippen molar-refractivity contribution < 1.29 is 19.1 Å². The Morgan fingerprint density at radius 3 is 2.66 bits per heavy atom. The van der Waals surface area contributed by atoms with Crippen molar-refractivity contribution in [1.82, 2.24) is 20.2 Å². The van der Waals surface area contributed by atoms with Crippen LogP contribution in [0.2, 0.25) is 0 Å². The number of pyridine rings is 1. The van der Waals surface area contributed by atoms with Crippen LogP contribution in [0, 0.1) is 0 Å². The molecule has 3 aromatic rings. The van der Waals surface area contributed by atoms with Gasteiger partial charge in [-0.2, -0.15) is 0 Å². The van der Waals surface area contributed by atoms with E-state index in [0.29, 0.717) is 31.3 Å². The molecule has 1 amide bonds. The topological polar surface area (TPSA) is 101 Å². The van der Waals surface area contributed by atoms with Crippen molar-refractivity contribution in [2.24, 2.45) is 0 Å². The Morgan fingerprint density at radius 1 is 1.25 bits per heavy atom. The van der Waals surface area contributed by atoms with Gasteiger partial charge in [-0.15, -0.1) is 0 Å². The van der Waals surface area contributed by atoms with Gasteiger partial charge in [0.05, 0.1) is 6.10 Å². The van der Waals surface area contributed by atoms with Crippen molar-refractivity contribution in [3.8, 4) is 17.0 Å². The first kappa shape index (κ1) is 23.4. The van der Waals surface area contributed by atoms with Gasteiger partial charge in [0.2, 0.25) is 11.8 Å². The molecule has 170 valence electrons. The molecule has 0 spiro atoms. The van der Waals surface area contributed by atoms with Gasteiger partial charge in [-0.05, 0) is 44.2 Å². The number of nitrogens with one attached hydrogen (secondary N) is 1. The first-order valence-corrected chi connectivity index (χ1v) is 10.5. The van der Waals surface area contributed by atoms with E-state index in [1.54, 1.807) is 52.7 Å². The van der Waals surface area contributed by atoms with Crippen LogP contribution in [0.3, 0.4) is 0 Å². The van der Waals surface area contributed by atoms with E-state index < -0.39 is 11.5 Å². The van der Waals surface area contributed by atoms with Crippen LogP contribution >= 0.6 is 0 Å². The van der Waals surface area contributed by atoms with Crippen molar-refractivity contribution >= 4 is 5.91 Å². The summed E-state index contributed by atoms with van der Waals surface area (Å²) < 4.78 is 11.4. The van der Waals surface area contributed by atoms with E-state index in [0.717, 1.165) is 16.9 Å². The van der Waals surface area contributed by atoms with Crippen LogP contribution in [-0.4, -0.2) is 59.7 Å². The molecule has 0 unspecified atom stereocenters. The first-order valence-electron chi connectivity index (χ1n) is 10.5. The normalized spacial score (nSPS) is 12.4. The average Bonchev–Trinajstić information content (AvgIpc) is 3.30. The largest absolute Gasteiger partial charge is 0.492 e. The SMILES string of the molecule is CN(C)C(=O)C(C)(C)c1nc(-c2ccc(OCCNC[C@H](O)c3cccnc3)cc2)co1. The molecule has 2 aromatic heterocycles. The quantitative estimate of drug-likeness (QED) is 0.470. The molecular weight excluding hydrogens is 408 g/mol.